The molecule has 88 heavy (non-hydrogen) atoms. The van der Waals surface area contributed by atoms with Crippen molar-refractivity contribution in [2.24, 2.45) is 0 Å². The fourth-order valence-corrected chi connectivity index (χ4v) is 11.9. The lowest BCUT2D eigenvalue weighted by Gasteiger charge is -2.48. The van der Waals surface area contributed by atoms with Crippen molar-refractivity contribution < 1.29 is 89.4 Å². The molecule has 3 aliphatic heterocycles. The molecule has 516 valence electrons. The van der Waals surface area contributed by atoms with Gasteiger partial charge in [0.15, 0.2) is 18.9 Å². The topological polar surface area (TPSA) is 307 Å². The molecule has 0 spiro atoms. The van der Waals surface area contributed by atoms with E-state index in [2.05, 4.69) is 43.5 Å². The smallest absolute Gasteiger partial charge is 0.220 e. The van der Waals surface area contributed by atoms with Crippen LogP contribution in [0.5, 0.6) is 0 Å². The van der Waals surface area contributed by atoms with E-state index in [9.17, 15) is 61.0 Å². The minimum atomic E-state index is -1.98. The molecular formula is C69H127NO18. The predicted molar refractivity (Wildman–Crippen MR) is 342 cm³/mol. The average Bonchev–Trinajstić information content (AvgIpc) is 2.71. The molecule has 0 aliphatic carbocycles. The first-order valence-electron chi connectivity index (χ1n) is 35.2. The molecule has 19 heteroatoms. The molecule has 12 N–H and O–H groups in total. The Hall–Kier alpha value is -1.99. The van der Waals surface area contributed by atoms with Gasteiger partial charge in [0, 0.05) is 6.42 Å². The Morgan fingerprint density at radius 3 is 1.14 bits per heavy atom. The van der Waals surface area contributed by atoms with Crippen molar-refractivity contribution in [2.45, 2.75) is 369 Å². The lowest BCUT2D eigenvalue weighted by molar-refractivity contribution is -0.379. The van der Waals surface area contributed by atoms with Gasteiger partial charge in [0.2, 0.25) is 5.91 Å². The lowest BCUT2D eigenvalue weighted by atomic mass is 9.96. The SMILES string of the molecule is CCCCCCCCCCCCCCCCCCCCC/C=C/CC/C=C/CC/C=C/C(O)C(COC1OC(CO)C(OC2OC(CO)C(OC3OC(CO)C(O)C(O)C3O)C(O)C2O)C(O)C1O)NC(=O)CCCCCCCCCCCCCCCC. The van der Waals surface area contributed by atoms with Crippen LogP contribution in [-0.2, 0) is 33.2 Å². The molecule has 3 saturated heterocycles. The summed E-state index contributed by atoms with van der Waals surface area (Å²) < 4.78 is 34.3. The highest BCUT2D eigenvalue weighted by molar-refractivity contribution is 5.76. The highest BCUT2D eigenvalue weighted by Gasteiger charge is 2.53. The molecule has 0 saturated carbocycles. The Morgan fingerprint density at radius 1 is 0.398 bits per heavy atom. The third kappa shape index (κ3) is 33.2. The maximum atomic E-state index is 13.4. The Morgan fingerprint density at radius 2 is 0.727 bits per heavy atom. The van der Waals surface area contributed by atoms with Gasteiger partial charge in [0.25, 0.3) is 0 Å². The van der Waals surface area contributed by atoms with Crippen LogP contribution >= 0.6 is 0 Å². The molecule has 3 rings (SSSR count). The molecule has 1 amide bonds. The zero-order valence-corrected chi connectivity index (χ0v) is 54.5. The number of carbonyl (C=O) groups excluding carboxylic acids is 1. The van der Waals surface area contributed by atoms with Crippen molar-refractivity contribution in [3.05, 3.63) is 36.5 Å². The number of rotatable bonds is 54. The number of hydrogen-bond donors (Lipinski definition) is 12. The number of allylic oxidation sites excluding steroid dienone is 5. The monoisotopic (exact) mass is 1260 g/mol. The summed E-state index contributed by atoms with van der Waals surface area (Å²) in [5.74, 6) is -0.287. The Labute approximate surface area is 530 Å². The van der Waals surface area contributed by atoms with E-state index in [4.69, 9.17) is 28.4 Å². The van der Waals surface area contributed by atoms with Crippen LogP contribution in [0.1, 0.15) is 264 Å². The maximum absolute atomic E-state index is 13.4. The number of unbranched alkanes of at least 4 members (excludes halogenated alkanes) is 34. The third-order valence-electron chi connectivity index (χ3n) is 17.7. The minimum Gasteiger partial charge on any atom is -0.394 e. The quantitative estimate of drug-likeness (QED) is 0.0199. The standard InChI is InChI=1S/C69H127NO18/c1-3-5-7-9-11-13-15-17-19-20-21-22-23-24-25-26-27-28-29-30-31-32-33-34-36-38-40-42-44-46-53(74)52(70-57(75)47-45-43-41-39-37-35-18-16-14-12-10-8-6-4-2)51-83-67-63(81)60(78)65(55(49-72)85-67)88-69-64(82)61(79)66(56(50-73)86-69)87-68-62(80)59(77)58(76)54(48-71)84-68/h31-32,36,38,44,46,52-56,58-69,71-74,76-82H,3-30,33-35,37,39-43,45,47-51H2,1-2H3,(H,70,75)/b32-31+,38-36+,46-44+. The van der Waals surface area contributed by atoms with Gasteiger partial charge in [-0.05, 0) is 44.9 Å². The van der Waals surface area contributed by atoms with Crippen molar-refractivity contribution in [3.63, 3.8) is 0 Å². The molecule has 3 aliphatic rings. The van der Waals surface area contributed by atoms with Gasteiger partial charge in [-0.2, -0.15) is 0 Å². The number of aliphatic hydroxyl groups excluding tert-OH is 11. The van der Waals surface area contributed by atoms with Crippen LogP contribution in [0.3, 0.4) is 0 Å². The summed E-state index contributed by atoms with van der Waals surface area (Å²) in [6.07, 6.45) is 32.9. The highest BCUT2D eigenvalue weighted by Crippen LogP contribution is 2.33. The van der Waals surface area contributed by atoms with Gasteiger partial charge in [-0.1, -0.05) is 249 Å². The second-order valence-electron chi connectivity index (χ2n) is 25.3. The van der Waals surface area contributed by atoms with Crippen molar-refractivity contribution in [3.8, 4) is 0 Å². The molecule has 17 unspecified atom stereocenters. The summed E-state index contributed by atoms with van der Waals surface area (Å²) in [6.45, 7) is 1.72. The Bertz CT molecular complexity index is 1740. The third-order valence-corrected chi connectivity index (χ3v) is 17.7. The van der Waals surface area contributed by atoms with Gasteiger partial charge in [-0.25, -0.2) is 0 Å². The first kappa shape index (κ1) is 80.2. The van der Waals surface area contributed by atoms with E-state index < -0.39 is 124 Å². The van der Waals surface area contributed by atoms with Gasteiger partial charge < -0.3 is 89.9 Å². The second kappa shape index (κ2) is 51.4. The molecule has 0 radical (unpaired) electrons. The summed E-state index contributed by atoms with van der Waals surface area (Å²) in [5, 5.41) is 120. The van der Waals surface area contributed by atoms with Gasteiger partial charge in [-0.3, -0.25) is 4.79 Å². The molecule has 3 fully saturated rings. The molecule has 3 heterocycles. The van der Waals surface area contributed by atoms with Gasteiger partial charge in [0.05, 0.1) is 38.6 Å². The van der Waals surface area contributed by atoms with Crippen LogP contribution in [0.15, 0.2) is 36.5 Å². The normalized spacial score (nSPS) is 28.6. The fraction of sp³-hybridized carbons (Fsp3) is 0.899. The first-order valence-corrected chi connectivity index (χ1v) is 35.2. The van der Waals surface area contributed by atoms with E-state index in [0.717, 1.165) is 44.9 Å². The summed E-state index contributed by atoms with van der Waals surface area (Å²) in [4.78, 5) is 13.4. The summed E-state index contributed by atoms with van der Waals surface area (Å²) >= 11 is 0. The largest absolute Gasteiger partial charge is 0.394 e. The molecule has 19 nitrogen and oxygen atoms in total. The zero-order chi connectivity index (χ0) is 64.0. The molecule has 17 atom stereocenters. The average molecular weight is 1260 g/mol. The number of nitrogens with one attached hydrogen (secondary N) is 1. The number of aliphatic hydroxyl groups is 11. The number of amides is 1. The lowest BCUT2D eigenvalue weighted by Crippen LogP contribution is -2.66. The summed E-state index contributed by atoms with van der Waals surface area (Å²) in [5.41, 5.74) is 0. The predicted octanol–water partition coefficient (Wildman–Crippen LogP) is 9.22. The number of carbonyl (C=O) groups is 1. The Balaban J connectivity index is 1.43. The molecular weight excluding hydrogens is 1130 g/mol. The molecule has 0 aromatic heterocycles. The van der Waals surface area contributed by atoms with Crippen LogP contribution in [0.2, 0.25) is 0 Å². The van der Waals surface area contributed by atoms with E-state index in [0.29, 0.717) is 12.8 Å². The van der Waals surface area contributed by atoms with E-state index in [1.165, 1.54) is 186 Å². The molecule has 0 bridgehead atoms. The van der Waals surface area contributed by atoms with Gasteiger partial charge in [-0.15, -0.1) is 0 Å². The van der Waals surface area contributed by atoms with E-state index >= 15 is 0 Å². The van der Waals surface area contributed by atoms with Crippen LogP contribution in [-0.4, -0.2) is 193 Å². The minimum absolute atomic E-state index is 0.235. The zero-order valence-electron chi connectivity index (χ0n) is 54.5. The van der Waals surface area contributed by atoms with Crippen molar-refractivity contribution in [1.82, 2.24) is 5.32 Å². The molecule has 0 aromatic carbocycles. The van der Waals surface area contributed by atoms with Crippen LogP contribution in [0.25, 0.3) is 0 Å². The maximum Gasteiger partial charge on any atom is 0.220 e. The van der Waals surface area contributed by atoms with E-state index in [1.807, 2.05) is 6.08 Å². The second-order valence-corrected chi connectivity index (χ2v) is 25.3. The number of hydrogen-bond acceptors (Lipinski definition) is 18. The van der Waals surface area contributed by atoms with Crippen LogP contribution < -0.4 is 5.32 Å². The van der Waals surface area contributed by atoms with Gasteiger partial charge >= 0.3 is 0 Å². The summed E-state index contributed by atoms with van der Waals surface area (Å²) in [7, 11) is 0. The highest BCUT2D eigenvalue weighted by atomic mass is 16.8. The number of ether oxygens (including phenoxy) is 6. The molecule has 0 aromatic rings. The first-order chi connectivity index (χ1) is 42.8. The van der Waals surface area contributed by atoms with E-state index in [1.54, 1.807) is 6.08 Å². The summed E-state index contributed by atoms with van der Waals surface area (Å²) in [6, 6.07) is -0.994. The van der Waals surface area contributed by atoms with E-state index in [-0.39, 0.29) is 18.9 Å². The Kier molecular flexibility index (Phi) is 46.9. The van der Waals surface area contributed by atoms with Crippen LogP contribution in [0, 0.1) is 0 Å². The van der Waals surface area contributed by atoms with Crippen LogP contribution in [0.4, 0.5) is 0 Å². The van der Waals surface area contributed by atoms with Crippen molar-refractivity contribution in [2.75, 3.05) is 26.4 Å². The van der Waals surface area contributed by atoms with Gasteiger partial charge in [0.1, 0.15) is 73.2 Å². The van der Waals surface area contributed by atoms with Crippen molar-refractivity contribution in [1.29, 1.82) is 0 Å². The van der Waals surface area contributed by atoms with Crippen molar-refractivity contribution >= 4 is 5.91 Å². The fourth-order valence-electron chi connectivity index (χ4n) is 11.9.